The van der Waals surface area contributed by atoms with Crippen LogP contribution in [0.3, 0.4) is 0 Å². The van der Waals surface area contributed by atoms with Gasteiger partial charge in [-0.05, 0) is 38.3 Å². The summed E-state index contributed by atoms with van der Waals surface area (Å²) in [6, 6.07) is 2.77. The van der Waals surface area contributed by atoms with E-state index in [4.69, 9.17) is 0 Å². The number of rotatable bonds is 3. The fraction of sp³-hybridized carbons (Fsp3) is 0.538. The summed E-state index contributed by atoms with van der Waals surface area (Å²) in [6.07, 6.45) is 4.07. The summed E-state index contributed by atoms with van der Waals surface area (Å²) in [5.74, 6) is -0.306. The molecule has 1 aromatic heterocycles. The molecule has 2 N–H and O–H groups in total. The zero-order valence-electron chi connectivity index (χ0n) is 10.4. The first-order chi connectivity index (χ1) is 8.66. The van der Waals surface area contributed by atoms with Gasteiger partial charge in [-0.3, -0.25) is 15.1 Å². The second-order valence-electron chi connectivity index (χ2n) is 4.63. The highest BCUT2D eigenvalue weighted by Gasteiger charge is 2.22. The first-order valence-electron chi connectivity index (χ1n) is 6.32. The fourth-order valence-corrected chi connectivity index (χ4v) is 2.13. The predicted molar refractivity (Wildman–Crippen MR) is 66.4 cm³/mol. The minimum absolute atomic E-state index is 0.0430. The molecule has 2 rings (SSSR count). The van der Waals surface area contributed by atoms with E-state index >= 15 is 0 Å². The van der Waals surface area contributed by atoms with E-state index in [1.54, 1.807) is 6.07 Å². The van der Waals surface area contributed by atoms with Gasteiger partial charge in [0.15, 0.2) is 0 Å². The number of nitrogens with one attached hydrogen (secondary N) is 2. The zero-order chi connectivity index (χ0) is 13.0. The highest BCUT2D eigenvalue weighted by Crippen LogP contribution is 2.13. The zero-order valence-corrected chi connectivity index (χ0v) is 10.4. The number of aromatic nitrogens is 1. The minimum Gasteiger partial charge on any atom is -0.355 e. The number of carbonyl (C=O) groups is 1. The monoisotopic (exact) mass is 251 g/mol. The van der Waals surface area contributed by atoms with Gasteiger partial charge in [0, 0.05) is 12.6 Å². The Bertz CT molecular complexity index is 407. The van der Waals surface area contributed by atoms with Gasteiger partial charge in [0.05, 0.1) is 17.9 Å². The Balaban J connectivity index is 1.99. The quantitative estimate of drug-likeness (QED) is 0.856. The molecule has 1 aliphatic heterocycles. The lowest BCUT2D eigenvalue weighted by molar-refractivity contribution is -0.123. The molecule has 1 amide bonds. The van der Waals surface area contributed by atoms with Gasteiger partial charge in [-0.25, -0.2) is 4.39 Å². The minimum atomic E-state index is -0.349. The highest BCUT2D eigenvalue weighted by atomic mass is 19.1. The SMILES string of the molecule is CC(NC1CCCCNC1=O)c1ccc(F)cn1. The van der Waals surface area contributed by atoms with Crippen molar-refractivity contribution in [1.29, 1.82) is 0 Å². The van der Waals surface area contributed by atoms with E-state index in [0.717, 1.165) is 31.5 Å². The van der Waals surface area contributed by atoms with Crippen molar-refractivity contribution in [1.82, 2.24) is 15.6 Å². The van der Waals surface area contributed by atoms with E-state index < -0.39 is 0 Å². The summed E-state index contributed by atoms with van der Waals surface area (Å²) in [4.78, 5) is 15.8. The summed E-state index contributed by atoms with van der Waals surface area (Å²) in [6.45, 7) is 2.68. The normalized spacial score (nSPS) is 22.1. The topological polar surface area (TPSA) is 54.0 Å². The second-order valence-corrected chi connectivity index (χ2v) is 4.63. The van der Waals surface area contributed by atoms with Crippen molar-refractivity contribution in [3.05, 3.63) is 29.8 Å². The van der Waals surface area contributed by atoms with Crippen molar-refractivity contribution in [2.45, 2.75) is 38.3 Å². The Morgan fingerprint density at radius 2 is 2.33 bits per heavy atom. The molecule has 1 fully saturated rings. The number of hydrogen-bond acceptors (Lipinski definition) is 3. The third kappa shape index (κ3) is 3.26. The Morgan fingerprint density at radius 3 is 3.06 bits per heavy atom. The molecule has 0 spiro atoms. The lowest BCUT2D eigenvalue weighted by atomic mass is 10.1. The molecule has 2 atom stereocenters. The molecule has 0 bridgehead atoms. The van der Waals surface area contributed by atoms with E-state index in [9.17, 15) is 9.18 Å². The average Bonchev–Trinajstić information content (AvgIpc) is 2.56. The summed E-state index contributed by atoms with van der Waals surface area (Å²) in [5, 5.41) is 6.13. The lowest BCUT2D eigenvalue weighted by Crippen LogP contribution is -2.43. The van der Waals surface area contributed by atoms with Gasteiger partial charge in [0.2, 0.25) is 5.91 Å². The van der Waals surface area contributed by atoms with E-state index in [0.29, 0.717) is 0 Å². The Morgan fingerprint density at radius 1 is 1.50 bits per heavy atom. The molecular weight excluding hydrogens is 233 g/mol. The van der Waals surface area contributed by atoms with Crippen molar-refractivity contribution in [3.63, 3.8) is 0 Å². The van der Waals surface area contributed by atoms with Gasteiger partial charge in [-0.1, -0.05) is 0 Å². The molecule has 0 radical (unpaired) electrons. The van der Waals surface area contributed by atoms with Crippen LogP contribution in [0, 0.1) is 5.82 Å². The van der Waals surface area contributed by atoms with Crippen LogP contribution in [0.1, 0.15) is 37.9 Å². The number of halogens is 1. The first kappa shape index (κ1) is 13.0. The highest BCUT2D eigenvalue weighted by molar-refractivity contribution is 5.81. The van der Waals surface area contributed by atoms with E-state index in [1.165, 1.54) is 12.3 Å². The van der Waals surface area contributed by atoms with E-state index in [-0.39, 0.29) is 23.8 Å². The number of amides is 1. The molecule has 2 heterocycles. The van der Waals surface area contributed by atoms with Crippen molar-refractivity contribution >= 4 is 5.91 Å². The Kier molecular flexibility index (Phi) is 4.25. The smallest absolute Gasteiger partial charge is 0.237 e. The maximum absolute atomic E-state index is 12.8. The number of hydrogen-bond donors (Lipinski definition) is 2. The van der Waals surface area contributed by atoms with Crippen molar-refractivity contribution in [2.24, 2.45) is 0 Å². The summed E-state index contributed by atoms with van der Waals surface area (Å²) >= 11 is 0. The predicted octanol–water partition coefficient (Wildman–Crippen LogP) is 1.54. The summed E-state index contributed by atoms with van der Waals surface area (Å²) in [7, 11) is 0. The van der Waals surface area contributed by atoms with Gasteiger partial charge in [0.1, 0.15) is 5.82 Å². The van der Waals surface area contributed by atoms with Gasteiger partial charge < -0.3 is 5.32 Å². The molecule has 4 nitrogen and oxygen atoms in total. The van der Waals surface area contributed by atoms with Gasteiger partial charge >= 0.3 is 0 Å². The second kappa shape index (κ2) is 5.91. The van der Waals surface area contributed by atoms with Crippen LogP contribution in [0.2, 0.25) is 0 Å². The molecule has 0 aliphatic carbocycles. The number of pyridine rings is 1. The van der Waals surface area contributed by atoms with Gasteiger partial charge in [-0.15, -0.1) is 0 Å². The molecule has 0 saturated carbocycles. The third-order valence-corrected chi connectivity index (χ3v) is 3.18. The molecule has 1 saturated heterocycles. The van der Waals surface area contributed by atoms with Crippen LogP contribution >= 0.6 is 0 Å². The summed E-state index contributed by atoms with van der Waals surface area (Å²) in [5.41, 5.74) is 0.744. The van der Waals surface area contributed by atoms with Crippen molar-refractivity contribution < 1.29 is 9.18 Å². The third-order valence-electron chi connectivity index (χ3n) is 3.18. The molecule has 18 heavy (non-hydrogen) atoms. The maximum atomic E-state index is 12.8. The first-order valence-corrected chi connectivity index (χ1v) is 6.32. The molecule has 0 aromatic carbocycles. The van der Waals surface area contributed by atoms with Crippen LogP contribution in [-0.4, -0.2) is 23.5 Å². The van der Waals surface area contributed by atoms with Crippen molar-refractivity contribution in [3.8, 4) is 0 Å². The summed E-state index contributed by atoms with van der Waals surface area (Å²) < 4.78 is 12.8. The molecule has 5 heteroatoms. The fourth-order valence-electron chi connectivity index (χ4n) is 2.13. The van der Waals surface area contributed by atoms with E-state index in [2.05, 4.69) is 15.6 Å². The van der Waals surface area contributed by atoms with Gasteiger partial charge in [-0.2, -0.15) is 0 Å². The number of nitrogens with zero attached hydrogens (tertiary/aromatic N) is 1. The molecule has 2 unspecified atom stereocenters. The van der Waals surface area contributed by atoms with Crippen LogP contribution < -0.4 is 10.6 Å². The van der Waals surface area contributed by atoms with Crippen LogP contribution in [0.5, 0.6) is 0 Å². The van der Waals surface area contributed by atoms with Crippen LogP contribution in [0.4, 0.5) is 4.39 Å². The van der Waals surface area contributed by atoms with E-state index in [1.807, 2.05) is 6.92 Å². The van der Waals surface area contributed by atoms with Crippen molar-refractivity contribution in [2.75, 3.05) is 6.54 Å². The molecule has 98 valence electrons. The maximum Gasteiger partial charge on any atom is 0.237 e. The van der Waals surface area contributed by atoms with Crippen LogP contribution in [0.25, 0.3) is 0 Å². The Hall–Kier alpha value is -1.49. The van der Waals surface area contributed by atoms with Crippen LogP contribution in [0.15, 0.2) is 18.3 Å². The molecule has 1 aromatic rings. The van der Waals surface area contributed by atoms with Crippen LogP contribution in [-0.2, 0) is 4.79 Å². The largest absolute Gasteiger partial charge is 0.355 e. The molecule has 1 aliphatic rings. The number of carbonyl (C=O) groups excluding carboxylic acids is 1. The van der Waals surface area contributed by atoms with Gasteiger partial charge in [0.25, 0.3) is 0 Å². The lowest BCUT2D eigenvalue weighted by Gasteiger charge is -2.20. The average molecular weight is 251 g/mol. The standard InChI is InChI=1S/C13H18FN3O/c1-9(11-6-5-10(14)8-16-11)17-12-4-2-3-7-15-13(12)18/h5-6,8-9,12,17H,2-4,7H2,1H3,(H,15,18). The molecular formula is C13H18FN3O. The Labute approximate surface area is 106 Å².